The highest BCUT2D eigenvalue weighted by atomic mass is 28.4. The van der Waals surface area contributed by atoms with E-state index in [4.69, 9.17) is 27.8 Å². The number of oxime groups is 1. The Bertz CT molecular complexity index is 1170. The number of hydrogen-bond donors (Lipinski definition) is 1. The predicted octanol–water partition coefficient (Wildman–Crippen LogP) is 8.08. The molecule has 0 saturated heterocycles. The summed E-state index contributed by atoms with van der Waals surface area (Å²) in [4.78, 5) is 0. The first kappa shape index (κ1) is 33.4. The van der Waals surface area contributed by atoms with Crippen molar-refractivity contribution in [2.75, 3.05) is 28.4 Å². The first-order valence-electron chi connectivity index (χ1n) is 13.5. The molecule has 2 aromatic rings. The van der Waals surface area contributed by atoms with Gasteiger partial charge in [-0.2, -0.15) is 0 Å². The van der Waals surface area contributed by atoms with E-state index in [2.05, 4.69) is 72.9 Å². The van der Waals surface area contributed by atoms with Crippen molar-refractivity contribution >= 4 is 22.8 Å². The minimum atomic E-state index is -2.38. The summed E-state index contributed by atoms with van der Waals surface area (Å²) >= 11 is 0. The third kappa shape index (κ3) is 6.88. The highest BCUT2D eigenvalue weighted by Crippen LogP contribution is 2.51. The SMILES string of the molecule is COc1cc(C(/C=N/O)c2ccc(OC)c(O[Si](C)(C)C(C)(C)C)c2O[Si](C)(C)C(C)(C)C)cc(OC)c1OC. The average Bonchev–Trinajstić information content (AvgIpc) is 2.85. The summed E-state index contributed by atoms with van der Waals surface area (Å²) in [5, 5.41) is 13.1. The molecule has 2 aromatic carbocycles. The van der Waals surface area contributed by atoms with Crippen molar-refractivity contribution in [3.63, 3.8) is 0 Å². The highest BCUT2D eigenvalue weighted by Gasteiger charge is 2.44. The number of benzene rings is 2. The van der Waals surface area contributed by atoms with Gasteiger partial charge in [0, 0.05) is 5.56 Å². The van der Waals surface area contributed by atoms with Crippen LogP contribution in [0.1, 0.15) is 58.6 Å². The van der Waals surface area contributed by atoms with Crippen LogP contribution < -0.4 is 27.8 Å². The molecule has 1 N–H and O–H groups in total. The van der Waals surface area contributed by atoms with Gasteiger partial charge >= 0.3 is 0 Å². The quantitative estimate of drug-likeness (QED) is 0.122. The van der Waals surface area contributed by atoms with Crippen molar-refractivity contribution in [2.24, 2.45) is 5.16 Å². The summed E-state index contributed by atoms with van der Waals surface area (Å²) in [7, 11) is 1.63. The van der Waals surface area contributed by atoms with Crippen LogP contribution in [-0.2, 0) is 0 Å². The zero-order valence-electron chi connectivity index (χ0n) is 26.8. The van der Waals surface area contributed by atoms with E-state index in [1.165, 1.54) is 6.21 Å². The molecule has 0 aliphatic carbocycles. The van der Waals surface area contributed by atoms with Crippen LogP contribution in [0.2, 0.25) is 36.3 Å². The van der Waals surface area contributed by atoms with Crippen LogP contribution in [0.15, 0.2) is 29.4 Å². The Balaban J connectivity index is 3.00. The van der Waals surface area contributed by atoms with Crippen LogP contribution in [0.3, 0.4) is 0 Å². The molecule has 0 aromatic heterocycles. The van der Waals surface area contributed by atoms with Crippen molar-refractivity contribution in [1.82, 2.24) is 0 Å². The van der Waals surface area contributed by atoms with Crippen LogP contribution in [0.4, 0.5) is 0 Å². The van der Waals surface area contributed by atoms with E-state index in [1.807, 2.05) is 24.3 Å². The molecule has 2 rings (SSSR count). The van der Waals surface area contributed by atoms with Gasteiger partial charge in [-0.1, -0.05) is 47.6 Å². The maximum absolute atomic E-state index is 9.83. The second-order valence-corrected chi connectivity index (χ2v) is 22.4. The van der Waals surface area contributed by atoms with Gasteiger partial charge in [0.15, 0.2) is 28.7 Å². The van der Waals surface area contributed by atoms with Gasteiger partial charge < -0.3 is 33.0 Å². The Hall–Kier alpha value is -2.86. The Morgan fingerprint density at radius 3 is 1.50 bits per heavy atom. The molecule has 0 bridgehead atoms. The van der Waals surface area contributed by atoms with Gasteiger partial charge in [0.05, 0.1) is 40.6 Å². The largest absolute Gasteiger partial charge is 0.541 e. The van der Waals surface area contributed by atoms with Crippen LogP contribution >= 0.6 is 0 Å². The number of ether oxygens (including phenoxy) is 4. The van der Waals surface area contributed by atoms with E-state index in [0.717, 1.165) is 11.1 Å². The zero-order chi connectivity index (χ0) is 30.7. The lowest BCUT2D eigenvalue weighted by Gasteiger charge is -2.41. The fourth-order valence-corrected chi connectivity index (χ4v) is 5.71. The van der Waals surface area contributed by atoms with Crippen molar-refractivity contribution in [2.45, 2.75) is 83.7 Å². The monoisotopic (exact) mass is 591 g/mol. The lowest BCUT2D eigenvalue weighted by molar-refractivity contribution is 0.319. The third-order valence-electron chi connectivity index (χ3n) is 8.25. The van der Waals surface area contributed by atoms with E-state index >= 15 is 0 Å². The predicted molar refractivity (Wildman–Crippen MR) is 167 cm³/mol. The fraction of sp³-hybridized carbons (Fsp3) is 0.567. The molecular weight excluding hydrogens is 543 g/mol. The molecule has 8 nitrogen and oxygen atoms in total. The number of hydrogen-bond acceptors (Lipinski definition) is 8. The molecule has 40 heavy (non-hydrogen) atoms. The number of methoxy groups -OCH3 is 4. The molecule has 0 radical (unpaired) electrons. The lowest BCUT2D eigenvalue weighted by atomic mass is 9.90. The van der Waals surface area contributed by atoms with E-state index in [9.17, 15) is 5.21 Å². The minimum Gasteiger partial charge on any atom is -0.541 e. The highest BCUT2D eigenvalue weighted by molar-refractivity contribution is 6.75. The number of rotatable bonds is 11. The molecular formula is C30H49NO7Si2. The molecule has 0 amide bonds. The summed E-state index contributed by atoms with van der Waals surface area (Å²) in [6.07, 6.45) is 1.47. The van der Waals surface area contributed by atoms with E-state index < -0.39 is 22.6 Å². The summed E-state index contributed by atoms with van der Waals surface area (Å²) in [5.41, 5.74) is 1.53. The van der Waals surface area contributed by atoms with Crippen LogP contribution in [-0.4, -0.2) is 56.5 Å². The van der Waals surface area contributed by atoms with Gasteiger partial charge in [-0.25, -0.2) is 0 Å². The standard InChI is InChI=1S/C30H49NO7Si2/c1-29(2,3)39(11,12)37-26-21(15-16-23(33-7)28(26)38-40(13,14)30(4,5)6)22(19-31-32)20-17-24(34-8)27(36-10)25(18-20)35-9/h15-19,22,32H,1-14H3/b31-19+. The number of nitrogens with zero attached hydrogens (tertiary/aromatic N) is 1. The van der Waals surface area contributed by atoms with Crippen molar-refractivity contribution in [1.29, 1.82) is 0 Å². The maximum atomic E-state index is 9.83. The zero-order valence-corrected chi connectivity index (χ0v) is 28.8. The molecule has 0 heterocycles. The molecule has 224 valence electrons. The Morgan fingerprint density at radius 1 is 0.675 bits per heavy atom. The summed E-state index contributed by atoms with van der Waals surface area (Å²) in [6, 6.07) is 7.52. The molecule has 1 unspecified atom stereocenters. The summed E-state index contributed by atoms with van der Waals surface area (Å²) in [6.45, 7) is 21.9. The second kappa shape index (κ2) is 12.3. The lowest BCUT2D eigenvalue weighted by Crippen LogP contribution is -2.46. The fourth-order valence-electron chi connectivity index (χ4n) is 3.68. The summed E-state index contributed by atoms with van der Waals surface area (Å²) in [5.74, 6) is 2.67. The molecule has 0 aliphatic heterocycles. The van der Waals surface area contributed by atoms with E-state index in [-0.39, 0.29) is 10.1 Å². The first-order chi connectivity index (χ1) is 18.4. The van der Waals surface area contributed by atoms with E-state index in [1.54, 1.807) is 28.4 Å². The van der Waals surface area contributed by atoms with Gasteiger partial charge in [0.1, 0.15) is 0 Å². The van der Waals surface area contributed by atoms with Gasteiger partial charge in [-0.15, -0.1) is 5.16 Å². The van der Waals surface area contributed by atoms with Crippen LogP contribution in [0.5, 0.6) is 34.5 Å². The van der Waals surface area contributed by atoms with Gasteiger partial charge in [0.25, 0.3) is 16.6 Å². The topological polar surface area (TPSA) is 88.0 Å². The third-order valence-corrected chi connectivity index (χ3v) is 16.9. The Labute approximate surface area is 242 Å². The van der Waals surface area contributed by atoms with Gasteiger partial charge in [0.2, 0.25) is 5.75 Å². The van der Waals surface area contributed by atoms with Crippen LogP contribution in [0, 0.1) is 0 Å². The molecule has 0 spiro atoms. The van der Waals surface area contributed by atoms with Crippen molar-refractivity contribution in [3.05, 3.63) is 35.4 Å². The average molecular weight is 592 g/mol. The Morgan fingerprint density at radius 2 is 1.12 bits per heavy atom. The molecule has 10 heteroatoms. The molecule has 0 aliphatic rings. The molecule has 1 atom stereocenters. The normalized spacial score (nSPS) is 13.7. The minimum absolute atomic E-state index is 0.0645. The van der Waals surface area contributed by atoms with Gasteiger partial charge in [-0.3, -0.25) is 0 Å². The van der Waals surface area contributed by atoms with Gasteiger partial charge in [-0.05, 0) is 60.0 Å². The Kier molecular flexibility index (Phi) is 10.3. The maximum Gasteiger partial charge on any atom is 0.250 e. The van der Waals surface area contributed by atoms with Crippen LogP contribution in [0.25, 0.3) is 0 Å². The van der Waals surface area contributed by atoms with Crippen molar-refractivity contribution < 1.29 is 33.0 Å². The van der Waals surface area contributed by atoms with Crippen molar-refractivity contribution in [3.8, 4) is 34.5 Å². The molecule has 0 saturated carbocycles. The smallest absolute Gasteiger partial charge is 0.250 e. The first-order valence-corrected chi connectivity index (χ1v) is 19.3. The molecule has 0 fully saturated rings. The second-order valence-electron chi connectivity index (χ2n) is 12.9. The van der Waals surface area contributed by atoms with E-state index in [0.29, 0.717) is 34.5 Å². The summed E-state index contributed by atoms with van der Waals surface area (Å²) < 4.78 is 36.6.